The van der Waals surface area contributed by atoms with Crippen LogP contribution in [-0.2, 0) is 16.0 Å². The van der Waals surface area contributed by atoms with Crippen molar-refractivity contribution in [3.8, 4) is 5.75 Å². The van der Waals surface area contributed by atoms with Crippen molar-refractivity contribution in [2.24, 2.45) is 0 Å². The summed E-state index contributed by atoms with van der Waals surface area (Å²) in [5.41, 5.74) is -0.0975. The van der Waals surface area contributed by atoms with Gasteiger partial charge in [0.25, 0.3) is 0 Å². The second kappa shape index (κ2) is 12.9. The van der Waals surface area contributed by atoms with E-state index in [4.69, 9.17) is 9.47 Å². The molecule has 8 nitrogen and oxygen atoms in total. The Balaban J connectivity index is 2.20. The van der Waals surface area contributed by atoms with Crippen molar-refractivity contribution in [1.29, 1.82) is 0 Å². The largest absolute Gasteiger partial charge is 0.493 e. The van der Waals surface area contributed by atoms with Crippen LogP contribution < -0.4 is 15.4 Å². The molecule has 0 bridgehead atoms. The van der Waals surface area contributed by atoms with Crippen LogP contribution in [0, 0.1) is 5.82 Å². The number of nitrogens with zero attached hydrogens (tertiary/aromatic N) is 1. The Morgan fingerprint density at radius 3 is 2.68 bits per heavy atom. The standard InChI is InChI=1S/C25H40FN3O5/c1-6-7-8-11-33-20-13-18(12-19(26)15-20)14-21(28-17(2)30)23(31)22-16-27-9-10-29(22)24(32)34-25(3,4)5/h12-13,15,21-23,27,31H,6-11,14,16H2,1-5H3,(H,28,30)/t21-,22+,23-/m0/s1. The van der Waals surface area contributed by atoms with E-state index in [0.717, 1.165) is 19.3 Å². The molecule has 1 aromatic rings. The molecular weight excluding hydrogens is 441 g/mol. The maximum absolute atomic E-state index is 14.3. The number of benzene rings is 1. The van der Waals surface area contributed by atoms with Crippen molar-refractivity contribution in [3.05, 3.63) is 29.6 Å². The van der Waals surface area contributed by atoms with Gasteiger partial charge < -0.3 is 25.2 Å². The van der Waals surface area contributed by atoms with Gasteiger partial charge in [0.15, 0.2) is 0 Å². The van der Waals surface area contributed by atoms with Gasteiger partial charge in [-0.2, -0.15) is 0 Å². The van der Waals surface area contributed by atoms with E-state index in [-0.39, 0.29) is 12.3 Å². The van der Waals surface area contributed by atoms with E-state index >= 15 is 0 Å². The van der Waals surface area contributed by atoms with Gasteiger partial charge in [0.05, 0.1) is 24.8 Å². The number of nitrogens with one attached hydrogen (secondary N) is 2. The summed E-state index contributed by atoms with van der Waals surface area (Å²) in [5.74, 6) is -0.366. The molecule has 1 aromatic carbocycles. The van der Waals surface area contributed by atoms with Gasteiger partial charge in [-0.05, 0) is 51.3 Å². The maximum atomic E-state index is 14.3. The van der Waals surface area contributed by atoms with Crippen molar-refractivity contribution in [1.82, 2.24) is 15.5 Å². The topological polar surface area (TPSA) is 100 Å². The first-order chi connectivity index (χ1) is 16.0. The predicted molar refractivity (Wildman–Crippen MR) is 128 cm³/mol. The Bertz CT molecular complexity index is 814. The van der Waals surface area contributed by atoms with Crippen LogP contribution in [0.15, 0.2) is 18.2 Å². The number of halogens is 1. The summed E-state index contributed by atoms with van der Waals surface area (Å²) in [6, 6.07) is 3.04. The molecule has 1 saturated heterocycles. The molecule has 2 amide bonds. The van der Waals surface area contributed by atoms with Crippen LogP contribution >= 0.6 is 0 Å². The fourth-order valence-electron chi connectivity index (χ4n) is 3.98. The van der Waals surface area contributed by atoms with Gasteiger partial charge in [0.1, 0.15) is 17.2 Å². The van der Waals surface area contributed by atoms with Crippen LogP contribution in [0.25, 0.3) is 0 Å². The van der Waals surface area contributed by atoms with Crippen molar-refractivity contribution >= 4 is 12.0 Å². The predicted octanol–water partition coefficient (Wildman–Crippen LogP) is 3.01. The zero-order valence-corrected chi connectivity index (χ0v) is 21.0. The first kappa shape index (κ1) is 27.9. The lowest BCUT2D eigenvalue weighted by molar-refractivity contribution is -0.121. The summed E-state index contributed by atoms with van der Waals surface area (Å²) in [6.07, 6.45) is 1.51. The number of hydrogen-bond acceptors (Lipinski definition) is 6. The Morgan fingerprint density at radius 1 is 1.29 bits per heavy atom. The number of carbonyl (C=O) groups excluding carboxylic acids is 2. The number of hydrogen-bond donors (Lipinski definition) is 3. The SMILES string of the molecule is CCCCCOc1cc(F)cc(C[C@H](NC(C)=O)[C@H](O)[C@H]2CNCCN2C(=O)OC(C)(C)C)c1. The van der Waals surface area contributed by atoms with E-state index < -0.39 is 35.7 Å². The van der Waals surface area contributed by atoms with Crippen LogP contribution in [-0.4, -0.2) is 72.0 Å². The zero-order chi connectivity index (χ0) is 25.3. The summed E-state index contributed by atoms with van der Waals surface area (Å²) >= 11 is 0. The number of amides is 2. The highest BCUT2D eigenvalue weighted by Gasteiger charge is 2.38. The van der Waals surface area contributed by atoms with E-state index in [1.165, 1.54) is 24.0 Å². The summed E-state index contributed by atoms with van der Waals surface area (Å²) in [7, 11) is 0. The third kappa shape index (κ3) is 9.10. The lowest BCUT2D eigenvalue weighted by atomic mass is 9.94. The highest BCUT2D eigenvalue weighted by molar-refractivity contribution is 5.73. The van der Waals surface area contributed by atoms with Crippen molar-refractivity contribution in [2.75, 3.05) is 26.2 Å². The van der Waals surface area contributed by atoms with Gasteiger partial charge in [-0.3, -0.25) is 9.69 Å². The number of aliphatic hydroxyl groups excluding tert-OH is 1. The highest BCUT2D eigenvalue weighted by Crippen LogP contribution is 2.22. The molecule has 0 aromatic heterocycles. The van der Waals surface area contributed by atoms with Crippen LogP contribution in [0.5, 0.6) is 5.75 Å². The van der Waals surface area contributed by atoms with Crippen molar-refractivity contribution in [2.45, 2.75) is 84.1 Å². The van der Waals surface area contributed by atoms with Crippen LogP contribution in [0.3, 0.4) is 0 Å². The van der Waals surface area contributed by atoms with Crippen LogP contribution in [0.4, 0.5) is 9.18 Å². The van der Waals surface area contributed by atoms with Gasteiger partial charge in [0, 0.05) is 32.6 Å². The molecular formula is C25H40FN3O5. The molecule has 9 heteroatoms. The molecule has 3 N–H and O–H groups in total. The fraction of sp³-hybridized carbons (Fsp3) is 0.680. The average molecular weight is 482 g/mol. The number of rotatable bonds is 10. The highest BCUT2D eigenvalue weighted by atomic mass is 19.1. The van der Waals surface area contributed by atoms with Gasteiger partial charge in [0.2, 0.25) is 5.91 Å². The normalized spacial score (nSPS) is 18.2. The van der Waals surface area contributed by atoms with Gasteiger partial charge in [-0.25, -0.2) is 9.18 Å². The fourth-order valence-corrected chi connectivity index (χ4v) is 3.98. The number of aliphatic hydroxyl groups is 1. The molecule has 0 aliphatic carbocycles. The molecule has 1 aliphatic rings. The molecule has 1 fully saturated rings. The minimum Gasteiger partial charge on any atom is -0.493 e. The number of unbranched alkanes of at least 4 members (excludes halogenated alkanes) is 2. The Labute approximate surface area is 202 Å². The second-order valence-electron chi connectivity index (χ2n) is 9.80. The third-order valence-corrected chi connectivity index (χ3v) is 5.51. The zero-order valence-electron chi connectivity index (χ0n) is 21.0. The summed E-state index contributed by atoms with van der Waals surface area (Å²) in [6.45, 7) is 10.6. The first-order valence-electron chi connectivity index (χ1n) is 12.1. The molecule has 0 unspecified atom stereocenters. The molecule has 34 heavy (non-hydrogen) atoms. The lowest BCUT2D eigenvalue weighted by Gasteiger charge is -2.41. The number of carbonyl (C=O) groups is 2. The number of ether oxygens (including phenoxy) is 2. The van der Waals surface area contributed by atoms with E-state index in [9.17, 15) is 19.1 Å². The van der Waals surface area contributed by atoms with E-state index in [0.29, 0.717) is 37.6 Å². The third-order valence-electron chi connectivity index (χ3n) is 5.51. The molecule has 2 rings (SSSR count). The Hall–Kier alpha value is -2.39. The summed E-state index contributed by atoms with van der Waals surface area (Å²) < 4.78 is 25.5. The summed E-state index contributed by atoms with van der Waals surface area (Å²) in [4.78, 5) is 26.2. The van der Waals surface area contributed by atoms with Crippen LogP contribution in [0.2, 0.25) is 0 Å². The molecule has 0 saturated carbocycles. The van der Waals surface area contributed by atoms with E-state index in [1.54, 1.807) is 26.8 Å². The average Bonchev–Trinajstić information content (AvgIpc) is 2.74. The first-order valence-corrected chi connectivity index (χ1v) is 12.1. The van der Waals surface area contributed by atoms with Crippen molar-refractivity contribution < 1.29 is 28.6 Å². The van der Waals surface area contributed by atoms with E-state index in [1.807, 2.05) is 0 Å². The van der Waals surface area contributed by atoms with Gasteiger partial charge >= 0.3 is 6.09 Å². The van der Waals surface area contributed by atoms with Crippen molar-refractivity contribution in [3.63, 3.8) is 0 Å². The van der Waals surface area contributed by atoms with Gasteiger partial charge in [-0.1, -0.05) is 19.8 Å². The lowest BCUT2D eigenvalue weighted by Crippen LogP contribution is -2.63. The monoisotopic (exact) mass is 481 g/mol. The molecule has 192 valence electrons. The Morgan fingerprint density at radius 2 is 2.03 bits per heavy atom. The Kier molecular flexibility index (Phi) is 10.6. The van der Waals surface area contributed by atoms with E-state index in [2.05, 4.69) is 17.6 Å². The smallest absolute Gasteiger partial charge is 0.410 e. The minimum absolute atomic E-state index is 0.169. The maximum Gasteiger partial charge on any atom is 0.410 e. The van der Waals surface area contributed by atoms with Crippen LogP contribution in [0.1, 0.15) is 59.4 Å². The molecule has 1 aliphatic heterocycles. The summed E-state index contributed by atoms with van der Waals surface area (Å²) in [5, 5.41) is 17.2. The molecule has 3 atom stereocenters. The quantitative estimate of drug-likeness (QED) is 0.444. The second-order valence-corrected chi connectivity index (χ2v) is 9.80. The molecule has 0 radical (unpaired) electrons. The van der Waals surface area contributed by atoms with Gasteiger partial charge in [-0.15, -0.1) is 0 Å². The number of piperazine rings is 1. The molecule has 1 heterocycles. The molecule has 0 spiro atoms. The minimum atomic E-state index is -1.11.